The molecule has 1 heterocycles. The van der Waals surface area contributed by atoms with Gasteiger partial charge in [0.25, 0.3) is 0 Å². The molecule has 0 aliphatic rings. The Kier molecular flexibility index (Phi) is 4.87. The van der Waals surface area contributed by atoms with Crippen LogP contribution in [-0.2, 0) is 4.79 Å². The minimum Gasteiger partial charge on any atom is -0.310 e. The Morgan fingerprint density at radius 3 is 2.83 bits per heavy atom. The van der Waals surface area contributed by atoms with Crippen LogP contribution >= 0.6 is 11.6 Å². The van der Waals surface area contributed by atoms with Crippen molar-refractivity contribution in [2.24, 2.45) is 10.9 Å². The third-order valence-corrected chi connectivity index (χ3v) is 2.45. The van der Waals surface area contributed by atoms with Crippen LogP contribution in [0.3, 0.4) is 0 Å². The van der Waals surface area contributed by atoms with Gasteiger partial charge in [-0.3, -0.25) is 4.79 Å². The van der Waals surface area contributed by atoms with E-state index in [1.807, 2.05) is 0 Å². The van der Waals surface area contributed by atoms with Crippen LogP contribution in [0.2, 0.25) is 5.02 Å². The van der Waals surface area contributed by atoms with E-state index in [2.05, 4.69) is 21.2 Å². The number of rotatable bonds is 3. The maximum atomic E-state index is 11.5. The number of hydrogen-bond acceptors (Lipinski definition) is 3. The maximum Gasteiger partial charge on any atom is 0.228 e. The highest BCUT2D eigenvalue weighted by molar-refractivity contribution is 6.33. The van der Waals surface area contributed by atoms with Gasteiger partial charge in [-0.15, -0.1) is 6.42 Å². The highest BCUT2D eigenvalue weighted by atomic mass is 35.5. The van der Waals surface area contributed by atoms with Gasteiger partial charge in [-0.1, -0.05) is 31.4 Å². The molecule has 94 valence electrons. The first-order chi connectivity index (χ1) is 8.45. The Morgan fingerprint density at radius 1 is 1.67 bits per heavy atom. The Morgan fingerprint density at radius 2 is 2.33 bits per heavy atom. The molecule has 0 spiro atoms. The van der Waals surface area contributed by atoms with E-state index in [1.54, 1.807) is 26.8 Å². The lowest BCUT2D eigenvalue weighted by molar-refractivity contribution is -0.118. The SMILES string of the molecule is C#C/C=N\c1c(Cl)cc(NC(=O)C(C)C)nc1C. The van der Waals surface area contributed by atoms with Crippen LogP contribution in [0.4, 0.5) is 11.5 Å². The number of carbonyl (C=O) groups excluding carboxylic acids is 1. The zero-order valence-electron chi connectivity index (χ0n) is 10.5. The van der Waals surface area contributed by atoms with Crippen molar-refractivity contribution >= 4 is 35.2 Å². The first-order valence-electron chi connectivity index (χ1n) is 5.42. The number of pyridine rings is 1. The van der Waals surface area contributed by atoms with Crippen molar-refractivity contribution in [2.75, 3.05) is 5.32 Å². The molecule has 4 nitrogen and oxygen atoms in total. The fraction of sp³-hybridized carbons (Fsp3) is 0.308. The van der Waals surface area contributed by atoms with Crippen molar-refractivity contribution in [3.8, 4) is 12.3 Å². The van der Waals surface area contributed by atoms with Crippen molar-refractivity contribution in [3.63, 3.8) is 0 Å². The zero-order valence-corrected chi connectivity index (χ0v) is 11.2. The molecule has 1 amide bonds. The van der Waals surface area contributed by atoms with Gasteiger partial charge in [-0.2, -0.15) is 0 Å². The van der Waals surface area contributed by atoms with Gasteiger partial charge >= 0.3 is 0 Å². The number of anilines is 1. The summed E-state index contributed by atoms with van der Waals surface area (Å²) in [6.07, 6.45) is 6.39. The number of nitrogens with zero attached hydrogens (tertiary/aromatic N) is 2. The van der Waals surface area contributed by atoms with Crippen molar-refractivity contribution in [2.45, 2.75) is 20.8 Å². The normalized spacial score (nSPS) is 10.7. The molecule has 0 atom stereocenters. The van der Waals surface area contributed by atoms with Gasteiger partial charge < -0.3 is 5.32 Å². The molecule has 0 saturated carbocycles. The van der Waals surface area contributed by atoms with E-state index in [9.17, 15) is 4.79 Å². The van der Waals surface area contributed by atoms with Crippen LogP contribution < -0.4 is 5.32 Å². The van der Waals surface area contributed by atoms with Crippen LogP contribution in [0.1, 0.15) is 19.5 Å². The number of hydrogen-bond donors (Lipinski definition) is 1. The van der Waals surface area contributed by atoms with Crippen LogP contribution in [0.25, 0.3) is 0 Å². The smallest absolute Gasteiger partial charge is 0.228 e. The van der Waals surface area contributed by atoms with E-state index in [-0.39, 0.29) is 11.8 Å². The largest absolute Gasteiger partial charge is 0.310 e. The molecule has 5 heteroatoms. The number of terminal acetylenes is 1. The monoisotopic (exact) mass is 263 g/mol. The summed E-state index contributed by atoms with van der Waals surface area (Å²) < 4.78 is 0. The average Bonchev–Trinajstić information content (AvgIpc) is 2.27. The molecule has 0 bridgehead atoms. The predicted octanol–water partition coefficient (Wildman–Crippen LogP) is 2.97. The molecule has 1 rings (SSSR count). The second-order valence-corrected chi connectivity index (χ2v) is 4.40. The van der Waals surface area contributed by atoms with E-state index in [1.165, 1.54) is 6.21 Å². The lowest BCUT2D eigenvalue weighted by Crippen LogP contribution is -2.18. The zero-order chi connectivity index (χ0) is 13.7. The minimum atomic E-state index is -0.120. The summed E-state index contributed by atoms with van der Waals surface area (Å²) in [6.45, 7) is 5.35. The highest BCUT2D eigenvalue weighted by Crippen LogP contribution is 2.29. The Balaban J connectivity index is 3.04. The van der Waals surface area contributed by atoms with E-state index >= 15 is 0 Å². The molecule has 0 unspecified atom stereocenters. The van der Waals surface area contributed by atoms with Crippen molar-refractivity contribution in [1.29, 1.82) is 0 Å². The summed E-state index contributed by atoms with van der Waals surface area (Å²) in [5.74, 6) is 2.46. The molecule has 0 aromatic carbocycles. The lowest BCUT2D eigenvalue weighted by atomic mass is 10.2. The van der Waals surface area contributed by atoms with Crippen molar-refractivity contribution in [3.05, 3.63) is 16.8 Å². The van der Waals surface area contributed by atoms with Gasteiger partial charge in [0, 0.05) is 12.0 Å². The molecule has 0 fully saturated rings. The molecule has 0 saturated heterocycles. The molecule has 1 N–H and O–H groups in total. The highest BCUT2D eigenvalue weighted by Gasteiger charge is 2.11. The summed E-state index contributed by atoms with van der Waals surface area (Å²) >= 11 is 6.06. The van der Waals surface area contributed by atoms with E-state index in [4.69, 9.17) is 18.0 Å². The summed E-state index contributed by atoms with van der Waals surface area (Å²) in [6, 6.07) is 1.55. The Bertz CT molecular complexity index is 507. The van der Waals surface area contributed by atoms with E-state index in [0.29, 0.717) is 22.2 Å². The first kappa shape index (κ1) is 14.2. The molecule has 18 heavy (non-hydrogen) atoms. The van der Waals surface area contributed by atoms with Gasteiger partial charge in [-0.05, 0) is 6.92 Å². The molecule has 0 aliphatic heterocycles. The molecule has 0 aliphatic carbocycles. The number of aliphatic imine (C=N–C) groups is 1. The fourth-order valence-corrected chi connectivity index (χ4v) is 1.51. The standard InChI is InChI=1S/C13H14ClN3O/c1-5-6-15-12-9(4)16-11(7-10(12)14)17-13(18)8(2)3/h1,6-8H,2-4H3,(H,16,17,18)/b15-6-. The quantitative estimate of drug-likeness (QED) is 0.673. The molecule has 1 aromatic heterocycles. The van der Waals surface area contributed by atoms with Crippen LogP contribution in [0.15, 0.2) is 11.1 Å². The lowest BCUT2D eigenvalue weighted by Gasteiger charge is -2.09. The summed E-state index contributed by atoms with van der Waals surface area (Å²) in [5.41, 5.74) is 1.12. The van der Waals surface area contributed by atoms with Crippen molar-refractivity contribution in [1.82, 2.24) is 4.98 Å². The van der Waals surface area contributed by atoms with E-state index in [0.717, 1.165) is 0 Å². The van der Waals surface area contributed by atoms with Gasteiger partial charge in [0.2, 0.25) is 5.91 Å². The van der Waals surface area contributed by atoms with Gasteiger partial charge in [0.1, 0.15) is 11.5 Å². The molecule has 0 radical (unpaired) electrons. The van der Waals surface area contributed by atoms with Gasteiger partial charge in [0.05, 0.1) is 16.9 Å². The average molecular weight is 264 g/mol. The Labute approximate surface area is 111 Å². The topological polar surface area (TPSA) is 54.4 Å². The summed E-state index contributed by atoms with van der Waals surface area (Å²) in [5, 5.41) is 3.08. The number of carbonyl (C=O) groups is 1. The number of nitrogens with one attached hydrogen (secondary N) is 1. The number of halogens is 1. The fourth-order valence-electron chi connectivity index (χ4n) is 1.22. The van der Waals surface area contributed by atoms with Crippen LogP contribution in [-0.4, -0.2) is 17.1 Å². The minimum absolute atomic E-state index is 0.113. The number of aryl methyl sites for hydroxylation is 1. The number of amides is 1. The van der Waals surface area contributed by atoms with Gasteiger partial charge in [-0.25, -0.2) is 9.98 Å². The first-order valence-corrected chi connectivity index (χ1v) is 5.80. The van der Waals surface area contributed by atoms with Gasteiger partial charge in [0.15, 0.2) is 0 Å². The summed E-state index contributed by atoms with van der Waals surface area (Å²) in [7, 11) is 0. The summed E-state index contributed by atoms with van der Waals surface area (Å²) in [4.78, 5) is 19.8. The molecule has 1 aromatic rings. The molecular weight excluding hydrogens is 250 g/mol. The van der Waals surface area contributed by atoms with E-state index < -0.39 is 0 Å². The second kappa shape index (κ2) is 6.18. The maximum absolute atomic E-state index is 11.5. The third kappa shape index (κ3) is 3.57. The molecular formula is C13H14ClN3O. The van der Waals surface area contributed by atoms with Crippen molar-refractivity contribution < 1.29 is 4.79 Å². The Hall–Kier alpha value is -1.86. The predicted molar refractivity (Wildman–Crippen MR) is 74.4 cm³/mol. The second-order valence-electron chi connectivity index (χ2n) is 3.99. The number of aromatic nitrogens is 1. The third-order valence-electron chi connectivity index (χ3n) is 2.16. The van der Waals surface area contributed by atoms with Crippen LogP contribution in [0, 0.1) is 25.2 Å². The van der Waals surface area contributed by atoms with Crippen LogP contribution in [0.5, 0.6) is 0 Å².